The van der Waals surface area contributed by atoms with Crippen LogP contribution in [0.3, 0.4) is 0 Å². The molecule has 3 heteroatoms. The van der Waals surface area contributed by atoms with Gasteiger partial charge in [-0.2, -0.15) is 0 Å². The highest BCUT2D eigenvalue weighted by atomic mass is 16.1. The number of allylic oxidation sites excluding steroid dienone is 9. The van der Waals surface area contributed by atoms with E-state index in [-0.39, 0.29) is 5.91 Å². The van der Waals surface area contributed by atoms with Gasteiger partial charge in [0.25, 0.3) is 5.91 Å². The summed E-state index contributed by atoms with van der Waals surface area (Å²) in [7, 11) is 0. The predicted molar refractivity (Wildman–Crippen MR) is 128 cm³/mol. The van der Waals surface area contributed by atoms with Gasteiger partial charge in [0.05, 0.1) is 0 Å². The van der Waals surface area contributed by atoms with E-state index in [1.54, 1.807) is 12.3 Å². The van der Waals surface area contributed by atoms with E-state index in [9.17, 15) is 4.79 Å². The van der Waals surface area contributed by atoms with E-state index in [4.69, 9.17) is 5.73 Å². The van der Waals surface area contributed by atoms with Crippen molar-refractivity contribution in [3.05, 3.63) is 96.3 Å². The maximum atomic E-state index is 12.6. The zero-order valence-electron chi connectivity index (χ0n) is 18.6. The molecule has 29 heavy (non-hydrogen) atoms. The number of rotatable bonds is 13. The third-order valence-corrected chi connectivity index (χ3v) is 4.77. The van der Waals surface area contributed by atoms with Crippen LogP contribution in [0.4, 0.5) is 0 Å². The van der Waals surface area contributed by atoms with E-state index in [2.05, 4.69) is 32.0 Å². The molecule has 3 N–H and O–H groups in total. The van der Waals surface area contributed by atoms with E-state index in [0.29, 0.717) is 18.0 Å². The average Bonchev–Trinajstić information content (AvgIpc) is 2.69. The quantitative estimate of drug-likeness (QED) is 0.226. The monoisotopic (exact) mass is 394 g/mol. The second-order valence-corrected chi connectivity index (χ2v) is 6.84. The normalized spacial score (nSPS) is 14.3. The lowest BCUT2D eigenvalue weighted by Crippen LogP contribution is -2.27. The lowest BCUT2D eigenvalue weighted by Gasteiger charge is -2.17. The molecule has 1 unspecified atom stereocenters. The van der Waals surface area contributed by atoms with Crippen molar-refractivity contribution in [2.75, 3.05) is 6.54 Å². The third kappa shape index (κ3) is 9.79. The summed E-state index contributed by atoms with van der Waals surface area (Å²) in [4.78, 5) is 12.6. The van der Waals surface area contributed by atoms with Crippen LogP contribution in [0.5, 0.6) is 0 Å². The Hall–Kier alpha value is -2.81. The molecule has 0 aliphatic rings. The number of nitrogens with two attached hydrogens (primary N) is 1. The van der Waals surface area contributed by atoms with Crippen molar-refractivity contribution in [3.63, 3.8) is 0 Å². The zero-order chi connectivity index (χ0) is 22.2. The number of carbonyl (C=O) groups is 1. The van der Waals surface area contributed by atoms with Gasteiger partial charge in [-0.1, -0.05) is 74.8 Å². The average molecular weight is 395 g/mol. The smallest absolute Gasteiger partial charge is 0.251 e. The van der Waals surface area contributed by atoms with Crippen LogP contribution in [-0.4, -0.2) is 12.5 Å². The van der Waals surface area contributed by atoms with Crippen molar-refractivity contribution in [2.24, 2.45) is 11.7 Å². The van der Waals surface area contributed by atoms with Crippen LogP contribution in [0.15, 0.2) is 96.3 Å². The predicted octanol–water partition coefficient (Wildman–Crippen LogP) is 6.07. The van der Waals surface area contributed by atoms with E-state index in [1.165, 1.54) is 0 Å². The second-order valence-electron chi connectivity index (χ2n) is 6.84. The summed E-state index contributed by atoms with van der Waals surface area (Å²) < 4.78 is 0. The molecule has 0 aromatic heterocycles. The standard InChI is InChI=1S/C26H38N2O/c1-8-12-14-24(10-3)21(6)19-22(7)25(11-4)26(29)28-18-16-20(5)23(9-2)15-13-17-27/h8,10-14,17,19,23H,3,5-6,9,15-16,18,27H2,1-2,4,7H3,(H,28,29)/b12-8-,17-13-,22-19-,24-14+,25-11+. The topological polar surface area (TPSA) is 55.1 Å². The molecule has 1 atom stereocenters. The molecule has 0 rings (SSSR count). The Labute approximate surface area is 177 Å². The molecule has 158 valence electrons. The first-order valence-corrected chi connectivity index (χ1v) is 10.2. The second kappa shape index (κ2) is 15.2. The van der Waals surface area contributed by atoms with Gasteiger partial charge in [0, 0.05) is 12.1 Å². The lowest BCUT2D eigenvalue weighted by molar-refractivity contribution is -0.117. The van der Waals surface area contributed by atoms with Crippen LogP contribution in [0, 0.1) is 5.92 Å². The minimum absolute atomic E-state index is 0.0886. The lowest BCUT2D eigenvalue weighted by atomic mass is 9.92. The van der Waals surface area contributed by atoms with Crippen LogP contribution >= 0.6 is 0 Å². The third-order valence-electron chi connectivity index (χ3n) is 4.77. The molecule has 0 spiro atoms. The summed E-state index contributed by atoms with van der Waals surface area (Å²) in [6.45, 7) is 20.6. The molecule has 0 saturated heterocycles. The summed E-state index contributed by atoms with van der Waals surface area (Å²) in [6, 6.07) is 0. The fourth-order valence-corrected chi connectivity index (χ4v) is 2.97. The Balaban J connectivity index is 4.98. The van der Waals surface area contributed by atoms with E-state index < -0.39 is 0 Å². The molecule has 0 saturated carbocycles. The Kier molecular flexibility index (Phi) is 13.7. The van der Waals surface area contributed by atoms with Gasteiger partial charge in [-0.3, -0.25) is 4.79 Å². The van der Waals surface area contributed by atoms with Crippen molar-refractivity contribution in [2.45, 2.75) is 47.0 Å². The van der Waals surface area contributed by atoms with Gasteiger partial charge in [0.2, 0.25) is 0 Å². The van der Waals surface area contributed by atoms with Gasteiger partial charge >= 0.3 is 0 Å². The first-order valence-electron chi connectivity index (χ1n) is 10.2. The van der Waals surface area contributed by atoms with Crippen molar-refractivity contribution in [3.8, 4) is 0 Å². The Morgan fingerprint density at radius 1 is 1.24 bits per heavy atom. The van der Waals surface area contributed by atoms with Gasteiger partial charge in [-0.15, -0.1) is 0 Å². The highest BCUT2D eigenvalue weighted by Gasteiger charge is 2.13. The first kappa shape index (κ1) is 26.2. The van der Waals surface area contributed by atoms with Crippen LogP contribution in [0.25, 0.3) is 0 Å². The number of carbonyl (C=O) groups excluding carboxylic acids is 1. The highest BCUT2D eigenvalue weighted by Crippen LogP contribution is 2.21. The van der Waals surface area contributed by atoms with Crippen LogP contribution < -0.4 is 11.1 Å². The van der Waals surface area contributed by atoms with Crippen molar-refractivity contribution < 1.29 is 4.79 Å². The van der Waals surface area contributed by atoms with Crippen molar-refractivity contribution in [1.29, 1.82) is 0 Å². The van der Waals surface area contributed by atoms with E-state index in [1.807, 2.05) is 57.2 Å². The molecule has 0 heterocycles. The summed E-state index contributed by atoms with van der Waals surface area (Å²) in [5.74, 6) is 0.300. The molecule has 0 fully saturated rings. The van der Waals surface area contributed by atoms with Crippen LogP contribution in [-0.2, 0) is 4.79 Å². The largest absolute Gasteiger partial charge is 0.405 e. The molecule has 0 aliphatic heterocycles. The fourth-order valence-electron chi connectivity index (χ4n) is 2.97. The van der Waals surface area contributed by atoms with Gasteiger partial charge < -0.3 is 11.1 Å². The molecular formula is C26H38N2O. The van der Waals surface area contributed by atoms with E-state index >= 15 is 0 Å². The molecule has 3 nitrogen and oxygen atoms in total. The maximum Gasteiger partial charge on any atom is 0.251 e. The molecule has 0 bridgehead atoms. The zero-order valence-corrected chi connectivity index (χ0v) is 18.6. The van der Waals surface area contributed by atoms with Gasteiger partial charge in [0.15, 0.2) is 0 Å². The van der Waals surface area contributed by atoms with Crippen molar-refractivity contribution >= 4 is 5.91 Å². The molecule has 1 amide bonds. The summed E-state index contributed by atoms with van der Waals surface area (Å²) in [5.41, 5.74) is 9.82. The Morgan fingerprint density at radius 2 is 1.93 bits per heavy atom. The molecule has 0 radical (unpaired) electrons. The van der Waals surface area contributed by atoms with Crippen LogP contribution in [0.2, 0.25) is 0 Å². The molecular weight excluding hydrogens is 356 g/mol. The summed E-state index contributed by atoms with van der Waals surface area (Å²) in [6.07, 6.45) is 17.5. The fraction of sp³-hybridized carbons (Fsp3) is 0.346. The molecule has 0 aromatic carbocycles. The SMILES string of the molecule is C=C/C(=C\C=C/C)C(=C)/C=C(C)\C(=C/C)C(=O)NCCC(=C)C(CC)C/C=C\N. The Morgan fingerprint density at radius 3 is 2.45 bits per heavy atom. The van der Waals surface area contributed by atoms with Crippen molar-refractivity contribution in [1.82, 2.24) is 5.32 Å². The summed E-state index contributed by atoms with van der Waals surface area (Å²) >= 11 is 0. The summed E-state index contributed by atoms with van der Waals surface area (Å²) in [5, 5.41) is 3.00. The number of hydrogen-bond acceptors (Lipinski definition) is 2. The van der Waals surface area contributed by atoms with Gasteiger partial charge in [0.1, 0.15) is 0 Å². The van der Waals surface area contributed by atoms with Gasteiger partial charge in [-0.25, -0.2) is 0 Å². The number of hydrogen-bond donors (Lipinski definition) is 2. The van der Waals surface area contributed by atoms with Crippen LogP contribution in [0.1, 0.15) is 47.0 Å². The van der Waals surface area contributed by atoms with Gasteiger partial charge in [-0.05, 0) is 68.9 Å². The minimum atomic E-state index is -0.0886. The highest BCUT2D eigenvalue weighted by molar-refractivity contribution is 5.97. The molecule has 0 aliphatic carbocycles. The number of amides is 1. The Bertz CT molecular complexity index is 730. The maximum absolute atomic E-state index is 12.6. The van der Waals surface area contributed by atoms with E-state index in [0.717, 1.165) is 41.6 Å². The molecule has 0 aromatic rings. The minimum Gasteiger partial charge on any atom is -0.405 e. The first-order chi connectivity index (χ1) is 13.9. The number of nitrogens with one attached hydrogen (secondary N) is 1.